The van der Waals surface area contributed by atoms with Gasteiger partial charge in [0.05, 0.1) is 0 Å². The third-order valence-corrected chi connectivity index (χ3v) is 1.94. The van der Waals surface area contributed by atoms with Gasteiger partial charge in [-0.3, -0.25) is 0 Å². The molecule has 0 bridgehead atoms. The number of hydrogen-bond acceptors (Lipinski definition) is 0. The summed E-state index contributed by atoms with van der Waals surface area (Å²) in [6.45, 7) is 6.48. The molecule has 12 heavy (non-hydrogen) atoms. The molecular formula is C12H16. The van der Waals surface area contributed by atoms with Crippen molar-refractivity contribution in [2.24, 2.45) is 0 Å². The fourth-order valence-electron chi connectivity index (χ4n) is 1.21. The predicted molar refractivity (Wildman–Crippen MR) is 55.2 cm³/mol. The van der Waals surface area contributed by atoms with Crippen LogP contribution in [0.1, 0.15) is 37.8 Å². The van der Waals surface area contributed by atoms with Crippen LogP contribution >= 0.6 is 0 Å². The van der Waals surface area contributed by atoms with E-state index < -0.39 is 0 Å². The SMILES string of the molecule is C/C=C\c1cccc(C(C)C)c1. The molecule has 1 aromatic carbocycles. The Morgan fingerprint density at radius 1 is 1.25 bits per heavy atom. The Morgan fingerprint density at radius 3 is 2.58 bits per heavy atom. The van der Waals surface area contributed by atoms with Crippen LogP contribution < -0.4 is 0 Å². The average molecular weight is 160 g/mol. The molecule has 1 rings (SSSR count). The lowest BCUT2D eigenvalue weighted by Gasteiger charge is -2.05. The molecule has 0 saturated carbocycles. The van der Waals surface area contributed by atoms with Gasteiger partial charge < -0.3 is 0 Å². The van der Waals surface area contributed by atoms with E-state index in [1.54, 1.807) is 0 Å². The van der Waals surface area contributed by atoms with E-state index in [4.69, 9.17) is 0 Å². The molecule has 0 amide bonds. The standard InChI is InChI=1S/C12H16/c1-4-6-11-7-5-8-12(9-11)10(2)3/h4-10H,1-3H3/b6-4-. The Morgan fingerprint density at radius 2 is 2.00 bits per heavy atom. The van der Waals surface area contributed by atoms with Crippen LogP contribution in [0.4, 0.5) is 0 Å². The van der Waals surface area contributed by atoms with Gasteiger partial charge in [-0.2, -0.15) is 0 Å². The first kappa shape index (κ1) is 9.05. The lowest BCUT2D eigenvalue weighted by Crippen LogP contribution is -1.86. The molecule has 0 spiro atoms. The summed E-state index contributed by atoms with van der Waals surface area (Å²) in [7, 11) is 0. The fraction of sp³-hybridized carbons (Fsp3) is 0.333. The van der Waals surface area contributed by atoms with Gasteiger partial charge >= 0.3 is 0 Å². The van der Waals surface area contributed by atoms with Crippen molar-refractivity contribution in [2.75, 3.05) is 0 Å². The van der Waals surface area contributed by atoms with Crippen molar-refractivity contribution in [2.45, 2.75) is 26.7 Å². The normalized spacial score (nSPS) is 11.3. The van der Waals surface area contributed by atoms with E-state index in [1.165, 1.54) is 11.1 Å². The van der Waals surface area contributed by atoms with Gasteiger partial charge in [-0.05, 0) is 24.0 Å². The Balaban J connectivity index is 2.95. The molecule has 0 heteroatoms. The average Bonchev–Trinajstić information content (AvgIpc) is 2.05. The highest BCUT2D eigenvalue weighted by molar-refractivity contribution is 5.50. The zero-order valence-corrected chi connectivity index (χ0v) is 8.04. The topological polar surface area (TPSA) is 0 Å². The van der Waals surface area contributed by atoms with Crippen LogP contribution in [0.3, 0.4) is 0 Å². The van der Waals surface area contributed by atoms with Crippen LogP contribution in [-0.4, -0.2) is 0 Å². The first-order chi connectivity index (χ1) is 5.74. The van der Waals surface area contributed by atoms with Crippen molar-refractivity contribution >= 4 is 6.08 Å². The molecule has 1 aromatic rings. The maximum absolute atomic E-state index is 2.24. The second-order valence-corrected chi connectivity index (χ2v) is 3.32. The molecule has 0 aliphatic carbocycles. The number of rotatable bonds is 2. The van der Waals surface area contributed by atoms with E-state index in [2.05, 4.69) is 50.3 Å². The molecule has 0 heterocycles. The molecule has 0 radical (unpaired) electrons. The molecule has 0 unspecified atom stereocenters. The van der Waals surface area contributed by atoms with Crippen LogP contribution in [0, 0.1) is 0 Å². The highest BCUT2D eigenvalue weighted by Crippen LogP contribution is 2.16. The molecule has 0 aliphatic heterocycles. The summed E-state index contributed by atoms with van der Waals surface area (Å²) in [6, 6.07) is 8.67. The van der Waals surface area contributed by atoms with Gasteiger partial charge in [-0.15, -0.1) is 0 Å². The Labute approximate surface area is 74.9 Å². The zero-order valence-electron chi connectivity index (χ0n) is 8.04. The summed E-state index contributed by atoms with van der Waals surface area (Å²) < 4.78 is 0. The first-order valence-corrected chi connectivity index (χ1v) is 4.46. The van der Waals surface area contributed by atoms with Crippen molar-refractivity contribution < 1.29 is 0 Å². The molecule has 64 valence electrons. The number of benzene rings is 1. The number of hydrogen-bond donors (Lipinski definition) is 0. The molecule has 0 N–H and O–H groups in total. The molecule has 0 atom stereocenters. The lowest BCUT2D eigenvalue weighted by atomic mass is 10.0. The number of allylic oxidation sites excluding steroid dienone is 1. The minimum absolute atomic E-state index is 0.621. The van der Waals surface area contributed by atoms with Crippen molar-refractivity contribution in [3.8, 4) is 0 Å². The van der Waals surface area contributed by atoms with Gasteiger partial charge in [0.25, 0.3) is 0 Å². The van der Waals surface area contributed by atoms with E-state index in [9.17, 15) is 0 Å². The Bertz CT molecular complexity index is 269. The lowest BCUT2D eigenvalue weighted by molar-refractivity contribution is 0.866. The highest BCUT2D eigenvalue weighted by Gasteiger charge is 1.97. The smallest absolute Gasteiger partial charge is 0.0219 e. The summed E-state index contributed by atoms with van der Waals surface area (Å²) in [5, 5.41) is 0. The maximum Gasteiger partial charge on any atom is -0.0219 e. The van der Waals surface area contributed by atoms with Crippen LogP contribution in [0.25, 0.3) is 6.08 Å². The zero-order chi connectivity index (χ0) is 8.97. The van der Waals surface area contributed by atoms with Gasteiger partial charge in [0.2, 0.25) is 0 Å². The van der Waals surface area contributed by atoms with E-state index in [-0.39, 0.29) is 0 Å². The molecule has 0 aliphatic rings. The second kappa shape index (κ2) is 4.10. The Kier molecular flexibility index (Phi) is 3.09. The molecule has 0 fully saturated rings. The van der Waals surface area contributed by atoms with E-state index in [0.29, 0.717) is 5.92 Å². The van der Waals surface area contributed by atoms with Crippen molar-refractivity contribution in [3.63, 3.8) is 0 Å². The van der Waals surface area contributed by atoms with Crippen molar-refractivity contribution in [1.29, 1.82) is 0 Å². The third kappa shape index (κ3) is 2.23. The van der Waals surface area contributed by atoms with E-state index in [0.717, 1.165) is 0 Å². The quantitative estimate of drug-likeness (QED) is 0.616. The van der Waals surface area contributed by atoms with Gasteiger partial charge in [0, 0.05) is 0 Å². The first-order valence-electron chi connectivity index (χ1n) is 4.46. The maximum atomic E-state index is 2.24. The Hall–Kier alpha value is -1.04. The molecular weight excluding hydrogens is 144 g/mol. The van der Waals surface area contributed by atoms with Gasteiger partial charge in [-0.1, -0.05) is 50.3 Å². The largest absolute Gasteiger partial charge is 0.0871 e. The highest BCUT2D eigenvalue weighted by atomic mass is 14.0. The molecule has 0 nitrogen and oxygen atoms in total. The van der Waals surface area contributed by atoms with E-state index >= 15 is 0 Å². The fourth-order valence-corrected chi connectivity index (χ4v) is 1.21. The summed E-state index contributed by atoms with van der Waals surface area (Å²) in [5.41, 5.74) is 2.70. The van der Waals surface area contributed by atoms with Gasteiger partial charge in [0.15, 0.2) is 0 Å². The van der Waals surface area contributed by atoms with Crippen LogP contribution in [0.2, 0.25) is 0 Å². The molecule has 0 saturated heterocycles. The van der Waals surface area contributed by atoms with E-state index in [1.807, 2.05) is 6.92 Å². The third-order valence-electron chi connectivity index (χ3n) is 1.94. The molecule has 0 aromatic heterocycles. The van der Waals surface area contributed by atoms with Crippen molar-refractivity contribution in [3.05, 3.63) is 41.5 Å². The van der Waals surface area contributed by atoms with Crippen molar-refractivity contribution in [1.82, 2.24) is 0 Å². The predicted octanol–water partition coefficient (Wildman–Crippen LogP) is 3.84. The van der Waals surface area contributed by atoms with Crippen LogP contribution in [-0.2, 0) is 0 Å². The second-order valence-electron chi connectivity index (χ2n) is 3.32. The van der Waals surface area contributed by atoms with Gasteiger partial charge in [0.1, 0.15) is 0 Å². The summed E-state index contributed by atoms with van der Waals surface area (Å²) in [6.07, 6.45) is 4.20. The van der Waals surface area contributed by atoms with Crippen LogP contribution in [0.15, 0.2) is 30.3 Å². The summed E-state index contributed by atoms with van der Waals surface area (Å²) >= 11 is 0. The summed E-state index contributed by atoms with van der Waals surface area (Å²) in [4.78, 5) is 0. The van der Waals surface area contributed by atoms with Gasteiger partial charge in [-0.25, -0.2) is 0 Å². The summed E-state index contributed by atoms with van der Waals surface area (Å²) in [5.74, 6) is 0.621. The minimum Gasteiger partial charge on any atom is -0.0871 e. The minimum atomic E-state index is 0.621. The van der Waals surface area contributed by atoms with Crippen LogP contribution in [0.5, 0.6) is 0 Å². The monoisotopic (exact) mass is 160 g/mol.